The van der Waals surface area contributed by atoms with E-state index in [-0.39, 0.29) is 6.03 Å². The number of anilines is 1. The summed E-state index contributed by atoms with van der Waals surface area (Å²) in [5.41, 5.74) is 1.93. The standard InChI is InChI=1S/C10H13BrN2O/c1-3-12-10(14)13-9-5-4-7(2)6-8(9)11/h4-6H,3H2,1-2H3,(H2,12,13,14). The van der Waals surface area contributed by atoms with Gasteiger partial charge in [-0.3, -0.25) is 0 Å². The van der Waals surface area contributed by atoms with Gasteiger partial charge in [-0.2, -0.15) is 0 Å². The molecule has 0 unspecified atom stereocenters. The highest BCUT2D eigenvalue weighted by Crippen LogP contribution is 2.22. The largest absolute Gasteiger partial charge is 0.338 e. The van der Waals surface area contributed by atoms with E-state index in [1.807, 2.05) is 32.0 Å². The number of hydrogen-bond donors (Lipinski definition) is 2. The van der Waals surface area contributed by atoms with Gasteiger partial charge in [0.05, 0.1) is 5.69 Å². The molecule has 0 atom stereocenters. The minimum Gasteiger partial charge on any atom is -0.338 e. The summed E-state index contributed by atoms with van der Waals surface area (Å²) in [6, 6.07) is 5.60. The Morgan fingerprint density at radius 1 is 1.50 bits per heavy atom. The summed E-state index contributed by atoms with van der Waals surface area (Å²) in [6.07, 6.45) is 0. The number of hydrogen-bond acceptors (Lipinski definition) is 1. The molecule has 2 amide bonds. The number of carbonyl (C=O) groups is 1. The summed E-state index contributed by atoms with van der Waals surface area (Å²) in [4.78, 5) is 11.2. The molecule has 0 bridgehead atoms. The van der Waals surface area contributed by atoms with Crippen molar-refractivity contribution in [1.29, 1.82) is 0 Å². The van der Waals surface area contributed by atoms with Gasteiger partial charge >= 0.3 is 6.03 Å². The van der Waals surface area contributed by atoms with Crippen molar-refractivity contribution in [3.63, 3.8) is 0 Å². The zero-order valence-electron chi connectivity index (χ0n) is 8.23. The van der Waals surface area contributed by atoms with Crippen LogP contribution in [0, 0.1) is 6.92 Å². The monoisotopic (exact) mass is 256 g/mol. The van der Waals surface area contributed by atoms with E-state index in [2.05, 4.69) is 26.6 Å². The molecule has 0 heterocycles. The minimum absolute atomic E-state index is 0.183. The van der Waals surface area contributed by atoms with Crippen LogP contribution in [0.2, 0.25) is 0 Å². The Morgan fingerprint density at radius 3 is 2.79 bits per heavy atom. The van der Waals surface area contributed by atoms with Gasteiger partial charge < -0.3 is 10.6 Å². The van der Waals surface area contributed by atoms with E-state index in [0.717, 1.165) is 15.7 Å². The van der Waals surface area contributed by atoms with Crippen LogP contribution >= 0.6 is 15.9 Å². The van der Waals surface area contributed by atoms with Crippen molar-refractivity contribution in [2.24, 2.45) is 0 Å². The molecule has 0 aromatic heterocycles. The first-order chi connectivity index (χ1) is 6.63. The molecule has 4 heteroatoms. The molecule has 1 aromatic carbocycles. The number of amides is 2. The summed E-state index contributed by atoms with van der Waals surface area (Å²) < 4.78 is 0.892. The van der Waals surface area contributed by atoms with E-state index in [9.17, 15) is 4.79 Å². The SMILES string of the molecule is CCNC(=O)Nc1ccc(C)cc1Br. The second-order valence-corrected chi connectivity index (χ2v) is 3.82. The van der Waals surface area contributed by atoms with Crippen LogP contribution in [0.4, 0.5) is 10.5 Å². The molecule has 0 fully saturated rings. The zero-order chi connectivity index (χ0) is 10.6. The van der Waals surface area contributed by atoms with Gasteiger partial charge in [0, 0.05) is 11.0 Å². The molecule has 76 valence electrons. The van der Waals surface area contributed by atoms with Gasteiger partial charge in [0.2, 0.25) is 0 Å². The third kappa shape index (κ3) is 3.03. The lowest BCUT2D eigenvalue weighted by atomic mass is 10.2. The maximum Gasteiger partial charge on any atom is 0.319 e. The van der Waals surface area contributed by atoms with Gasteiger partial charge in [-0.1, -0.05) is 6.07 Å². The summed E-state index contributed by atoms with van der Waals surface area (Å²) in [5, 5.41) is 5.41. The number of urea groups is 1. The van der Waals surface area contributed by atoms with Crippen molar-refractivity contribution in [3.8, 4) is 0 Å². The molecular weight excluding hydrogens is 244 g/mol. The van der Waals surface area contributed by atoms with Gasteiger partial charge in [0.1, 0.15) is 0 Å². The van der Waals surface area contributed by atoms with E-state index < -0.39 is 0 Å². The Kier molecular flexibility index (Phi) is 3.95. The zero-order valence-corrected chi connectivity index (χ0v) is 9.81. The fraction of sp³-hybridized carbons (Fsp3) is 0.300. The van der Waals surface area contributed by atoms with Crippen LogP contribution in [0.3, 0.4) is 0 Å². The lowest BCUT2D eigenvalue weighted by Crippen LogP contribution is -2.28. The van der Waals surface area contributed by atoms with Crippen LogP contribution in [0.25, 0.3) is 0 Å². The van der Waals surface area contributed by atoms with E-state index >= 15 is 0 Å². The normalized spacial score (nSPS) is 9.64. The molecule has 1 aromatic rings. The molecule has 3 nitrogen and oxygen atoms in total. The van der Waals surface area contributed by atoms with E-state index in [1.165, 1.54) is 0 Å². The van der Waals surface area contributed by atoms with E-state index in [0.29, 0.717) is 6.54 Å². The van der Waals surface area contributed by atoms with Crippen molar-refractivity contribution in [2.45, 2.75) is 13.8 Å². The Labute approximate surface area is 92.0 Å². The Hall–Kier alpha value is -1.03. The molecule has 0 saturated carbocycles. The first kappa shape index (κ1) is 11.0. The first-order valence-corrected chi connectivity index (χ1v) is 5.23. The molecule has 14 heavy (non-hydrogen) atoms. The highest BCUT2D eigenvalue weighted by Gasteiger charge is 2.03. The van der Waals surface area contributed by atoms with Crippen LogP contribution in [0.1, 0.15) is 12.5 Å². The number of halogens is 1. The molecule has 2 N–H and O–H groups in total. The molecule has 0 spiro atoms. The smallest absolute Gasteiger partial charge is 0.319 e. The lowest BCUT2D eigenvalue weighted by Gasteiger charge is -2.08. The highest BCUT2D eigenvalue weighted by molar-refractivity contribution is 9.10. The number of rotatable bonds is 2. The fourth-order valence-electron chi connectivity index (χ4n) is 1.05. The van der Waals surface area contributed by atoms with Crippen LogP contribution < -0.4 is 10.6 Å². The van der Waals surface area contributed by atoms with Crippen molar-refractivity contribution in [2.75, 3.05) is 11.9 Å². The van der Waals surface area contributed by atoms with Gasteiger partial charge in [0.15, 0.2) is 0 Å². The summed E-state index contributed by atoms with van der Waals surface area (Å²) in [6.45, 7) is 4.50. The first-order valence-electron chi connectivity index (χ1n) is 4.44. The fourth-order valence-corrected chi connectivity index (χ4v) is 1.64. The lowest BCUT2D eigenvalue weighted by molar-refractivity contribution is 0.252. The van der Waals surface area contributed by atoms with Gasteiger partial charge in [0.25, 0.3) is 0 Å². The third-order valence-electron chi connectivity index (χ3n) is 1.71. The maximum absolute atomic E-state index is 11.2. The molecule has 0 saturated heterocycles. The summed E-state index contributed by atoms with van der Waals surface area (Å²) >= 11 is 3.38. The average molecular weight is 257 g/mol. The molecule has 1 rings (SSSR count). The highest BCUT2D eigenvalue weighted by atomic mass is 79.9. The average Bonchev–Trinajstić information content (AvgIpc) is 2.10. The Bertz CT molecular complexity index is 339. The number of carbonyl (C=O) groups excluding carboxylic acids is 1. The second kappa shape index (κ2) is 5.00. The number of benzene rings is 1. The molecule has 0 radical (unpaired) electrons. The number of aryl methyl sites for hydroxylation is 1. The van der Waals surface area contributed by atoms with Gasteiger partial charge in [-0.05, 0) is 47.5 Å². The van der Waals surface area contributed by atoms with Gasteiger partial charge in [-0.15, -0.1) is 0 Å². The van der Waals surface area contributed by atoms with Crippen molar-refractivity contribution >= 4 is 27.6 Å². The molecule has 0 aliphatic rings. The van der Waals surface area contributed by atoms with Crippen LogP contribution in [-0.4, -0.2) is 12.6 Å². The summed E-state index contributed by atoms with van der Waals surface area (Å²) in [7, 11) is 0. The Balaban J connectivity index is 2.72. The van der Waals surface area contributed by atoms with Crippen molar-refractivity contribution in [3.05, 3.63) is 28.2 Å². The third-order valence-corrected chi connectivity index (χ3v) is 2.37. The van der Waals surface area contributed by atoms with Crippen molar-refractivity contribution < 1.29 is 4.79 Å². The van der Waals surface area contributed by atoms with Crippen LogP contribution in [0.15, 0.2) is 22.7 Å². The minimum atomic E-state index is -0.183. The van der Waals surface area contributed by atoms with Gasteiger partial charge in [-0.25, -0.2) is 4.79 Å². The quantitative estimate of drug-likeness (QED) is 0.840. The molecule has 0 aliphatic carbocycles. The number of nitrogens with one attached hydrogen (secondary N) is 2. The summed E-state index contributed by atoms with van der Waals surface area (Å²) in [5.74, 6) is 0. The topological polar surface area (TPSA) is 41.1 Å². The Morgan fingerprint density at radius 2 is 2.21 bits per heavy atom. The predicted octanol–water partition coefficient (Wildman–Crippen LogP) is 2.90. The van der Waals surface area contributed by atoms with E-state index in [1.54, 1.807) is 0 Å². The molecule has 0 aliphatic heterocycles. The molecular formula is C10H13BrN2O. The second-order valence-electron chi connectivity index (χ2n) is 2.97. The predicted molar refractivity (Wildman–Crippen MR) is 61.6 cm³/mol. The maximum atomic E-state index is 11.2. The van der Waals surface area contributed by atoms with Crippen molar-refractivity contribution in [1.82, 2.24) is 5.32 Å². The van der Waals surface area contributed by atoms with Crippen LogP contribution in [0.5, 0.6) is 0 Å². The van der Waals surface area contributed by atoms with Crippen LogP contribution in [-0.2, 0) is 0 Å². The van der Waals surface area contributed by atoms with E-state index in [4.69, 9.17) is 0 Å².